The highest BCUT2D eigenvalue weighted by Gasteiger charge is 2.26. The summed E-state index contributed by atoms with van der Waals surface area (Å²) < 4.78 is 0. The quantitative estimate of drug-likeness (QED) is 0.645. The molecule has 0 aromatic heterocycles. The van der Waals surface area contributed by atoms with Crippen LogP contribution in [0, 0.1) is 16.0 Å². The number of anilines is 2. The molecular weight excluding hydrogens is 322 g/mol. The highest BCUT2D eigenvalue weighted by atomic mass is 16.6. The summed E-state index contributed by atoms with van der Waals surface area (Å²) in [6, 6.07) is 13.3. The maximum Gasteiger partial charge on any atom is 0.269 e. The molecule has 0 bridgehead atoms. The highest BCUT2D eigenvalue weighted by molar-refractivity contribution is 5.96. The number of carbonyl (C=O) groups is 2. The van der Waals surface area contributed by atoms with Gasteiger partial charge in [-0.05, 0) is 36.6 Å². The minimum atomic E-state index is -0.495. The van der Waals surface area contributed by atoms with Gasteiger partial charge in [0.2, 0.25) is 11.8 Å². The molecule has 0 fully saturated rings. The molecule has 1 heterocycles. The number of nitrogens with zero attached hydrogens (tertiary/aromatic N) is 1. The van der Waals surface area contributed by atoms with E-state index in [1.165, 1.54) is 24.3 Å². The summed E-state index contributed by atoms with van der Waals surface area (Å²) in [6.45, 7) is 0. The van der Waals surface area contributed by atoms with Gasteiger partial charge >= 0.3 is 0 Å². The van der Waals surface area contributed by atoms with Crippen LogP contribution in [-0.4, -0.2) is 16.7 Å². The van der Waals surface area contributed by atoms with E-state index in [1.807, 2.05) is 24.3 Å². The zero-order chi connectivity index (χ0) is 17.8. The van der Waals surface area contributed by atoms with E-state index in [-0.39, 0.29) is 29.8 Å². The first kappa shape index (κ1) is 16.6. The predicted molar refractivity (Wildman–Crippen MR) is 93.2 cm³/mol. The Morgan fingerprint density at radius 3 is 2.64 bits per heavy atom. The third-order valence-electron chi connectivity index (χ3n) is 4.19. The van der Waals surface area contributed by atoms with Crippen LogP contribution in [0.3, 0.4) is 0 Å². The Bertz CT molecular complexity index is 817. The number of non-ortho nitro benzene ring substituents is 1. The number of fused-ring (bicyclic) bond motifs is 1. The van der Waals surface area contributed by atoms with Crippen molar-refractivity contribution < 1.29 is 14.5 Å². The molecule has 0 saturated heterocycles. The average Bonchev–Trinajstić information content (AvgIpc) is 2.60. The molecule has 2 N–H and O–H groups in total. The Kier molecular flexibility index (Phi) is 4.74. The van der Waals surface area contributed by atoms with Crippen molar-refractivity contribution in [2.24, 2.45) is 5.92 Å². The zero-order valence-electron chi connectivity index (χ0n) is 13.4. The Labute approximate surface area is 144 Å². The molecule has 2 amide bonds. The van der Waals surface area contributed by atoms with E-state index in [0.717, 1.165) is 11.3 Å². The molecule has 0 saturated carbocycles. The lowest BCUT2D eigenvalue weighted by molar-refractivity contribution is -0.384. The molecule has 2 aromatic rings. The van der Waals surface area contributed by atoms with Crippen LogP contribution < -0.4 is 10.6 Å². The van der Waals surface area contributed by atoms with Gasteiger partial charge in [-0.1, -0.05) is 18.2 Å². The Morgan fingerprint density at radius 1 is 1.20 bits per heavy atom. The molecule has 2 aromatic carbocycles. The van der Waals surface area contributed by atoms with E-state index >= 15 is 0 Å². The third kappa shape index (κ3) is 4.00. The summed E-state index contributed by atoms with van der Waals surface area (Å²) in [7, 11) is 0. The van der Waals surface area contributed by atoms with Crippen LogP contribution in [0.15, 0.2) is 48.5 Å². The molecule has 0 spiro atoms. The second-order valence-electron chi connectivity index (χ2n) is 5.94. The van der Waals surface area contributed by atoms with Crippen LogP contribution in [0.1, 0.15) is 18.4 Å². The molecule has 7 heteroatoms. The van der Waals surface area contributed by atoms with Crippen molar-refractivity contribution in [3.63, 3.8) is 0 Å². The molecule has 1 aliphatic heterocycles. The Hall–Kier alpha value is -3.22. The number of benzene rings is 2. The van der Waals surface area contributed by atoms with Gasteiger partial charge in [-0.25, -0.2) is 0 Å². The van der Waals surface area contributed by atoms with Gasteiger partial charge in [-0.15, -0.1) is 0 Å². The van der Waals surface area contributed by atoms with Crippen LogP contribution in [0.2, 0.25) is 0 Å². The van der Waals surface area contributed by atoms with E-state index in [0.29, 0.717) is 18.5 Å². The number of rotatable bonds is 5. The second kappa shape index (κ2) is 7.12. The number of carbonyl (C=O) groups excluding carboxylic acids is 2. The largest absolute Gasteiger partial charge is 0.326 e. The summed E-state index contributed by atoms with van der Waals surface area (Å²) in [5.74, 6) is -0.528. The summed E-state index contributed by atoms with van der Waals surface area (Å²) in [4.78, 5) is 34.3. The normalized spacial score (nSPS) is 15.8. The molecule has 25 heavy (non-hydrogen) atoms. The van der Waals surface area contributed by atoms with E-state index < -0.39 is 4.92 Å². The fourth-order valence-electron chi connectivity index (χ4n) is 2.84. The number of nitro benzene ring substituents is 1. The number of hydrogen-bond donors (Lipinski definition) is 2. The van der Waals surface area contributed by atoms with Gasteiger partial charge in [0.1, 0.15) is 0 Å². The maximum atomic E-state index is 12.1. The van der Waals surface area contributed by atoms with Crippen molar-refractivity contribution in [2.75, 3.05) is 10.6 Å². The number of amides is 2. The van der Waals surface area contributed by atoms with Crippen LogP contribution in [0.4, 0.5) is 17.1 Å². The minimum Gasteiger partial charge on any atom is -0.326 e. The molecular formula is C18H17N3O4. The van der Waals surface area contributed by atoms with Gasteiger partial charge < -0.3 is 10.6 Å². The van der Waals surface area contributed by atoms with Crippen LogP contribution in [0.5, 0.6) is 0 Å². The maximum absolute atomic E-state index is 12.1. The first-order valence-electron chi connectivity index (χ1n) is 7.96. The van der Waals surface area contributed by atoms with Crippen molar-refractivity contribution in [3.8, 4) is 0 Å². The zero-order valence-corrected chi connectivity index (χ0v) is 13.4. The third-order valence-corrected chi connectivity index (χ3v) is 4.19. The molecule has 128 valence electrons. The van der Waals surface area contributed by atoms with Gasteiger partial charge in [0.05, 0.1) is 4.92 Å². The number of para-hydroxylation sites is 1. The Morgan fingerprint density at radius 2 is 1.92 bits per heavy atom. The summed E-state index contributed by atoms with van der Waals surface area (Å²) >= 11 is 0. The second-order valence-corrected chi connectivity index (χ2v) is 5.94. The number of nitro groups is 1. The monoisotopic (exact) mass is 339 g/mol. The van der Waals surface area contributed by atoms with Gasteiger partial charge in [0, 0.05) is 35.8 Å². The predicted octanol–water partition coefficient (Wildman–Crippen LogP) is 3.12. The standard InChI is InChI=1S/C18H17N3O4/c22-17(19-14-6-8-15(9-7-14)21(24)25)10-5-13-11-12-3-1-2-4-16(12)20-18(13)23/h1-4,6-9,13H,5,10-11H2,(H,19,22)(H,20,23). The van der Waals surface area contributed by atoms with Crippen molar-refractivity contribution >= 4 is 28.9 Å². The van der Waals surface area contributed by atoms with Crippen LogP contribution in [-0.2, 0) is 16.0 Å². The van der Waals surface area contributed by atoms with Gasteiger partial charge in [-0.3, -0.25) is 19.7 Å². The lowest BCUT2D eigenvalue weighted by Gasteiger charge is -2.24. The van der Waals surface area contributed by atoms with Gasteiger partial charge in [0.25, 0.3) is 5.69 Å². The van der Waals surface area contributed by atoms with E-state index in [9.17, 15) is 19.7 Å². The first-order valence-corrected chi connectivity index (χ1v) is 7.96. The average molecular weight is 339 g/mol. The molecule has 3 rings (SSSR count). The molecule has 1 atom stereocenters. The first-order chi connectivity index (χ1) is 12.0. The van der Waals surface area contributed by atoms with Gasteiger partial charge in [0.15, 0.2) is 0 Å². The molecule has 1 unspecified atom stereocenters. The van der Waals surface area contributed by atoms with E-state index in [4.69, 9.17) is 0 Å². The smallest absolute Gasteiger partial charge is 0.269 e. The van der Waals surface area contributed by atoms with Crippen molar-refractivity contribution in [2.45, 2.75) is 19.3 Å². The minimum absolute atomic E-state index is 0.0319. The molecule has 1 aliphatic rings. The number of nitrogens with one attached hydrogen (secondary N) is 2. The number of hydrogen-bond acceptors (Lipinski definition) is 4. The summed E-state index contributed by atoms with van der Waals surface area (Å²) in [6.07, 6.45) is 1.27. The lowest BCUT2D eigenvalue weighted by Crippen LogP contribution is -2.30. The topological polar surface area (TPSA) is 101 Å². The fourth-order valence-corrected chi connectivity index (χ4v) is 2.84. The fraction of sp³-hybridized carbons (Fsp3) is 0.222. The van der Waals surface area contributed by atoms with Gasteiger partial charge in [-0.2, -0.15) is 0 Å². The van der Waals surface area contributed by atoms with Crippen LogP contribution >= 0.6 is 0 Å². The van der Waals surface area contributed by atoms with Crippen LogP contribution in [0.25, 0.3) is 0 Å². The summed E-state index contributed by atoms with van der Waals surface area (Å²) in [5, 5.41) is 16.2. The molecule has 0 aliphatic carbocycles. The Balaban J connectivity index is 1.54. The van der Waals surface area contributed by atoms with Crippen molar-refractivity contribution in [1.29, 1.82) is 0 Å². The molecule has 0 radical (unpaired) electrons. The van der Waals surface area contributed by atoms with Crippen molar-refractivity contribution in [3.05, 3.63) is 64.2 Å². The van der Waals surface area contributed by atoms with E-state index in [2.05, 4.69) is 10.6 Å². The lowest BCUT2D eigenvalue weighted by atomic mass is 9.89. The summed E-state index contributed by atoms with van der Waals surface area (Å²) in [5.41, 5.74) is 2.37. The SMILES string of the molecule is O=C(CCC1Cc2ccccc2NC1=O)Nc1ccc([N+](=O)[O-])cc1. The molecule has 7 nitrogen and oxygen atoms in total. The van der Waals surface area contributed by atoms with Crippen molar-refractivity contribution in [1.82, 2.24) is 0 Å². The highest BCUT2D eigenvalue weighted by Crippen LogP contribution is 2.27. The van der Waals surface area contributed by atoms with E-state index in [1.54, 1.807) is 0 Å².